The second-order valence-electron chi connectivity index (χ2n) is 3.77. The van der Waals surface area contributed by atoms with Crippen LogP contribution in [0.25, 0.3) is 21.5 Å². The van der Waals surface area contributed by atoms with Crippen molar-refractivity contribution in [1.29, 1.82) is 0 Å². The standard InChI is InChI=1S/C14H8Cl2/c15-13-5-6-14(16)12-8-10-4-2-1-3-9(10)7-11(12)13/h1-8H. The van der Waals surface area contributed by atoms with E-state index in [9.17, 15) is 0 Å². The Bertz CT molecular complexity index is 627. The molecule has 0 unspecified atom stereocenters. The van der Waals surface area contributed by atoms with E-state index in [1.165, 1.54) is 10.8 Å². The van der Waals surface area contributed by atoms with Crippen molar-refractivity contribution < 1.29 is 0 Å². The number of hydrogen-bond donors (Lipinski definition) is 0. The molecule has 2 heteroatoms. The lowest BCUT2D eigenvalue weighted by Crippen LogP contribution is -1.78. The second-order valence-corrected chi connectivity index (χ2v) is 4.59. The molecule has 16 heavy (non-hydrogen) atoms. The Kier molecular flexibility index (Phi) is 2.27. The Labute approximate surface area is 103 Å². The van der Waals surface area contributed by atoms with E-state index < -0.39 is 0 Å². The van der Waals surface area contributed by atoms with E-state index >= 15 is 0 Å². The fourth-order valence-electron chi connectivity index (χ4n) is 1.96. The summed E-state index contributed by atoms with van der Waals surface area (Å²) in [6.45, 7) is 0. The van der Waals surface area contributed by atoms with Crippen molar-refractivity contribution in [1.82, 2.24) is 0 Å². The average Bonchev–Trinajstić information content (AvgIpc) is 2.32. The minimum Gasteiger partial charge on any atom is -0.0837 e. The second kappa shape index (κ2) is 3.65. The molecule has 0 amide bonds. The number of rotatable bonds is 0. The van der Waals surface area contributed by atoms with Crippen LogP contribution >= 0.6 is 23.2 Å². The summed E-state index contributed by atoms with van der Waals surface area (Å²) in [4.78, 5) is 0. The first-order valence-corrected chi connectivity index (χ1v) is 5.78. The average molecular weight is 247 g/mol. The number of benzene rings is 3. The molecule has 0 atom stereocenters. The summed E-state index contributed by atoms with van der Waals surface area (Å²) in [5, 5.41) is 5.86. The minimum absolute atomic E-state index is 0.741. The van der Waals surface area contributed by atoms with Crippen molar-refractivity contribution in [3.05, 3.63) is 58.6 Å². The van der Waals surface area contributed by atoms with Crippen LogP contribution in [0.4, 0.5) is 0 Å². The van der Waals surface area contributed by atoms with Gasteiger partial charge in [-0.05, 0) is 35.0 Å². The maximum absolute atomic E-state index is 6.17. The highest BCUT2D eigenvalue weighted by molar-refractivity contribution is 6.40. The summed E-state index contributed by atoms with van der Waals surface area (Å²) >= 11 is 12.3. The van der Waals surface area contributed by atoms with Gasteiger partial charge in [0.15, 0.2) is 0 Å². The number of halogens is 2. The Balaban J connectivity index is 2.56. The van der Waals surface area contributed by atoms with Crippen LogP contribution in [-0.4, -0.2) is 0 Å². The number of fused-ring (bicyclic) bond motifs is 2. The zero-order chi connectivity index (χ0) is 11.1. The van der Waals surface area contributed by atoms with Crippen LogP contribution in [0.1, 0.15) is 0 Å². The highest BCUT2D eigenvalue weighted by atomic mass is 35.5. The van der Waals surface area contributed by atoms with Crippen LogP contribution in [0.3, 0.4) is 0 Å². The molecule has 0 saturated heterocycles. The monoisotopic (exact) mass is 246 g/mol. The van der Waals surface area contributed by atoms with Gasteiger partial charge in [0.2, 0.25) is 0 Å². The van der Waals surface area contributed by atoms with Crippen LogP contribution in [0.2, 0.25) is 10.0 Å². The lowest BCUT2D eigenvalue weighted by atomic mass is 10.0. The van der Waals surface area contributed by atoms with Crippen molar-refractivity contribution in [3.63, 3.8) is 0 Å². The molecule has 0 nitrogen and oxygen atoms in total. The summed E-state index contributed by atoms with van der Waals surface area (Å²) in [5.41, 5.74) is 0. The van der Waals surface area contributed by atoms with Gasteiger partial charge in [-0.25, -0.2) is 0 Å². The highest BCUT2D eigenvalue weighted by Gasteiger charge is 2.04. The summed E-state index contributed by atoms with van der Waals surface area (Å²) < 4.78 is 0. The molecule has 0 radical (unpaired) electrons. The first-order valence-electron chi connectivity index (χ1n) is 5.02. The summed E-state index contributed by atoms with van der Waals surface area (Å²) in [6.07, 6.45) is 0. The molecule has 0 heterocycles. The van der Waals surface area contributed by atoms with E-state index in [4.69, 9.17) is 23.2 Å². The summed E-state index contributed by atoms with van der Waals surface area (Å²) in [6, 6.07) is 16.0. The maximum atomic E-state index is 6.17. The van der Waals surface area contributed by atoms with Crippen LogP contribution in [0, 0.1) is 0 Å². The van der Waals surface area contributed by atoms with E-state index in [-0.39, 0.29) is 0 Å². The molecule has 78 valence electrons. The van der Waals surface area contributed by atoms with E-state index in [0.29, 0.717) is 0 Å². The third-order valence-corrected chi connectivity index (χ3v) is 3.44. The van der Waals surface area contributed by atoms with E-state index in [1.54, 1.807) is 0 Å². The molecule has 3 rings (SSSR count). The zero-order valence-corrected chi connectivity index (χ0v) is 9.89. The minimum atomic E-state index is 0.741. The fourth-order valence-corrected chi connectivity index (χ4v) is 2.40. The third kappa shape index (κ3) is 1.46. The van der Waals surface area contributed by atoms with Gasteiger partial charge in [0.1, 0.15) is 0 Å². The van der Waals surface area contributed by atoms with Crippen molar-refractivity contribution in [2.24, 2.45) is 0 Å². The first-order chi connectivity index (χ1) is 7.75. The molecule has 0 bridgehead atoms. The molecule has 0 spiro atoms. The van der Waals surface area contributed by atoms with Gasteiger partial charge in [0.25, 0.3) is 0 Å². The highest BCUT2D eigenvalue weighted by Crippen LogP contribution is 2.32. The van der Waals surface area contributed by atoms with Crippen LogP contribution in [0.15, 0.2) is 48.5 Å². The van der Waals surface area contributed by atoms with Gasteiger partial charge < -0.3 is 0 Å². The van der Waals surface area contributed by atoms with Crippen LogP contribution < -0.4 is 0 Å². The van der Waals surface area contributed by atoms with Gasteiger partial charge in [-0.3, -0.25) is 0 Å². The van der Waals surface area contributed by atoms with Gasteiger partial charge in [-0.2, -0.15) is 0 Å². The normalized spacial score (nSPS) is 11.1. The molecule has 0 fully saturated rings. The van der Waals surface area contributed by atoms with Gasteiger partial charge in [-0.15, -0.1) is 0 Å². The SMILES string of the molecule is Clc1ccc(Cl)c2cc3ccccc3cc12. The van der Waals surface area contributed by atoms with Gasteiger partial charge in [0.05, 0.1) is 0 Å². The molecule has 0 aliphatic carbocycles. The van der Waals surface area contributed by atoms with Crippen molar-refractivity contribution >= 4 is 44.7 Å². The Morgan fingerprint density at radius 2 is 1.06 bits per heavy atom. The lowest BCUT2D eigenvalue weighted by Gasteiger charge is -2.05. The zero-order valence-electron chi connectivity index (χ0n) is 8.37. The predicted molar refractivity (Wildman–Crippen MR) is 71.5 cm³/mol. The molecule has 0 aliphatic rings. The third-order valence-electron chi connectivity index (χ3n) is 2.78. The largest absolute Gasteiger partial charge is 0.0837 e. The maximum Gasteiger partial charge on any atom is 0.0485 e. The molecule has 0 aliphatic heterocycles. The Hall–Kier alpha value is -1.24. The molecule has 3 aromatic carbocycles. The molecular weight excluding hydrogens is 239 g/mol. The summed E-state index contributed by atoms with van der Waals surface area (Å²) in [5.74, 6) is 0. The number of hydrogen-bond acceptors (Lipinski definition) is 0. The predicted octanol–water partition coefficient (Wildman–Crippen LogP) is 5.30. The Morgan fingerprint density at radius 1 is 0.625 bits per heavy atom. The summed E-state index contributed by atoms with van der Waals surface area (Å²) in [7, 11) is 0. The topological polar surface area (TPSA) is 0 Å². The Morgan fingerprint density at radius 3 is 1.50 bits per heavy atom. The van der Waals surface area contributed by atoms with E-state index in [2.05, 4.69) is 24.3 Å². The van der Waals surface area contributed by atoms with Gasteiger partial charge in [-0.1, -0.05) is 47.5 Å². The fraction of sp³-hybridized carbons (Fsp3) is 0. The lowest BCUT2D eigenvalue weighted by molar-refractivity contribution is 1.76. The van der Waals surface area contributed by atoms with E-state index in [0.717, 1.165) is 20.8 Å². The van der Waals surface area contributed by atoms with E-state index in [1.807, 2.05) is 24.3 Å². The molecule has 0 aromatic heterocycles. The van der Waals surface area contributed by atoms with Crippen molar-refractivity contribution in [2.45, 2.75) is 0 Å². The molecular formula is C14H8Cl2. The van der Waals surface area contributed by atoms with Crippen LogP contribution in [0.5, 0.6) is 0 Å². The van der Waals surface area contributed by atoms with Gasteiger partial charge in [0, 0.05) is 20.8 Å². The smallest absolute Gasteiger partial charge is 0.0485 e. The van der Waals surface area contributed by atoms with Crippen molar-refractivity contribution in [2.75, 3.05) is 0 Å². The molecule has 0 N–H and O–H groups in total. The van der Waals surface area contributed by atoms with Crippen molar-refractivity contribution in [3.8, 4) is 0 Å². The molecule has 0 saturated carbocycles. The van der Waals surface area contributed by atoms with Crippen LogP contribution in [-0.2, 0) is 0 Å². The molecule has 3 aromatic rings. The first kappa shape index (κ1) is 9.95. The van der Waals surface area contributed by atoms with Gasteiger partial charge >= 0.3 is 0 Å². The quantitative estimate of drug-likeness (QED) is 0.473.